The van der Waals surface area contributed by atoms with Gasteiger partial charge in [0.05, 0.1) is 17.2 Å². The first-order chi connectivity index (χ1) is 14.0. The molecule has 1 heterocycles. The molecule has 29 heavy (non-hydrogen) atoms. The van der Waals surface area contributed by atoms with Gasteiger partial charge in [-0.1, -0.05) is 42.5 Å². The Balaban J connectivity index is 1.73. The number of rotatable bonds is 8. The van der Waals surface area contributed by atoms with E-state index in [1.165, 1.54) is 4.57 Å². The molecule has 0 saturated heterocycles. The quantitative estimate of drug-likeness (QED) is 0.591. The molecule has 3 rings (SSSR count). The predicted octanol–water partition coefficient (Wildman–Crippen LogP) is 2.69. The van der Waals surface area contributed by atoms with Crippen LogP contribution in [-0.2, 0) is 17.9 Å². The highest BCUT2D eigenvalue weighted by atomic mass is 16.2. The Morgan fingerprint density at radius 2 is 1.79 bits per heavy atom. The SMILES string of the molecule is Cc1cccc2c(=O)n(CCC(=O)N(CCN(C)C)Cc3ccccc3)cnc12. The van der Waals surface area contributed by atoms with Crippen LogP contribution >= 0.6 is 0 Å². The highest BCUT2D eigenvalue weighted by Gasteiger charge is 2.15. The lowest BCUT2D eigenvalue weighted by Crippen LogP contribution is -2.37. The van der Waals surface area contributed by atoms with Gasteiger partial charge in [-0.2, -0.15) is 0 Å². The molecule has 6 nitrogen and oxygen atoms in total. The largest absolute Gasteiger partial charge is 0.337 e. The van der Waals surface area contributed by atoms with E-state index >= 15 is 0 Å². The first-order valence-corrected chi connectivity index (χ1v) is 9.87. The van der Waals surface area contributed by atoms with Gasteiger partial charge in [-0.3, -0.25) is 14.2 Å². The zero-order valence-electron chi connectivity index (χ0n) is 17.3. The molecule has 152 valence electrons. The molecular formula is C23H28N4O2. The van der Waals surface area contributed by atoms with Crippen molar-refractivity contribution in [3.05, 3.63) is 76.3 Å². The number of benzene rings is 2. The van der Waals surface area contributed by atoms with Crippen LogP contribution in [0.25, 0.3) is 10.9 Å². The third kappa shape index (κ3) is 5.29. The first kappa shape index (κ1) is 20.7. The van der Waals surface area contributed by atoms with Crippen LogP contribution in [0.15, 0.2) is 59.7 Å². The molecule has 1 amide bonds. The maximum atomic E-state index is 12.9. The van der Waals surface area contributed by atoms with Crippen LogP contribution in [0.2, 0.25) is 0 Å². The molecule has 0 N–H and O–H groups in total. The first-order valence-electron chi connectivity index (χ1n) is 9.87. The van der Waals surface area contributed by atoms with Crippen LogP contribution in [0, 0.1) is 6.92 Å². The molecule has 0 aliphatic heterocycles. The summed E-state index contributed by atoms with van der Waals surface area (Å²) in [5.41, 5.74) is 2.69. The van der Waals surface area contributed by atoms with Crippen molar-refractivity contribution in [3.63, 3.8) is 0 Å². The van der Waals surface area contributed by atoms with Gasteiger partial charge in [-0.25, -0.2) is 4.98 Å². The van der Waals surface area contributed by atoms with E-state index in [1.807, 2.05) is 68.4 Å². The maximum absolute atomic E-state index is 12.9. The smallest absolute Gasteiger partial charge is 0.261 e. The molecule has 0 bridgehead atoms. The van der Waals surface area contributed by atoms with Crippen LogP contribution in [-0.4, -0.2) is 52.4 Å². The summed E-state index contributed by atoms with van der Waals surface area (Å²) in [6.45, 7) is 4.26. The lowest BCUT2D eigenvalue weighted by molar-refractivity contribution is -0.132. The summed E-state index contributed by atoms with van der Waals surface area (Å²) in [5.74, 6) is 0.0342. The summed E-state index contributed by atoms with van der Waals surface area (Å²) in [4.78, 5) is 34.0. The summed E-state index contributed by atoms with van der Waals surface area (Å²) >= 11 is 0. The zero-order valence-corrected chi connectivity index (χ0v) is 17.3. The van der Waals surface area contributed by atoms with Crippen molar-refractivity contribution in [2.45, 2.75) is 26.4 Å². The molecule has 0 radical (unpaired) electrons. The van der Waals surface area contributed by atoms with Crippen LogP contribution in [0.4, 0.5) is 0 Å². The molecule has 0 unspecified atom stereocenters. The summed E-state index contributed by atoms with van der Waals surface area (Å²) in [6, 6.07) is 15.6. The molecule has 0 fully saturated rings. The lowest BCUT2D eigenvalue weighted by Gasteiger charge is -2.25. The van der Waals surface area contributed by atoms with Crippen LogP contribution < -0.4 is 5.56 Å². The molecule has 0 spiro atoms. The number of likely N-dealkylation sites (N-methyl/N-ethyl adjacent to an activating group) is 1. The van der Waals surface area contributed by atoms with Crippen LogP contribution in [0.5, 0.6) is 0 Å². The van der Waals surface area contributed by atoms with Crippen molar-refractivity contribution in [2.75, 3.05) is 27.2 Å². The molecule has 0 aliphatic rings. The minimum absolute atomic E-state index is 0.0342. The van der Waals surface area contributed by atoms with E-state index in [0.717, 1.165) is 23.2 Å². The number of carbonyl (C=O) groups is 1. The second kappa shape index (κ2) is 9.47. The average Bonchev–Trinajstić information content (AvgIpc) is 2.71. The number of aryl methyl sites for hydroxylation is 2. The van der Waals surface area contributed by atoms with E-state index in [1.54, 1.807) is 12.4 Å². The Morgan fingerprint density at radius 3 is 2.52 bits per heavy atom. The van der Waals surface area contributed by atoms with E-state index in [0.29, 0.717) is 25.0 Å². The number of amides is 1. The number of nitrogens with zero attached hydrogens (tertiary/aromatic N) is 4. The number of hydrogen-bond donors (Lipinski definition) is 0. The monoisotopic (exact) mass is 392 g/mol. The number of aromatic nitrogens is 2. The third-order valence-electron chi connectivity index (χ3n) is 5.01. The molecular weight excluding hydrogens is 364 g/mol. The molecule has 2 aromatic carbocycles. The van der Waals surface area contributed by atoms with Gasteiger partial charge in [-0.05, 0) is 38.2 Å². The molecule has 1 aromatic heterocycles. The molecule has 0 atom stereocenters. The average molecular weight is 393 g/mol. The fraction of sp³-hybridized carbons (Fsp3) is 0.348. The van der Waals surface area contributed by atoms with Crippen molar-refractivity contribution < 1.29 is 4.79 Å². The van der Waals surface area contributed by atoms with Gasteiger partial charge in [0.25, 0.3) is 5.56 Å². The van der Waals surface area contributed by atoms with Gasteiger partial charge in [-0.15, -0.1) is 0 Å². The standard InChI is InChI=1S/C23H28N4O2/c1-18-8-7-11-20-22(18)24-17-27(23(20)29)13-12-21(28)26(15-14-25(2)3)16-19-9-5-4-6-10-19/h4-11,17H,12-16H2,1-3H3. The molecule has 3 aromatic rings. The van der Waals surface area contributed by atoms with Gasteiger partial charge < -0.3 is 9.80 Å². The van der Waals surface area contributed by atoms with Crippen LogP contribution in [0.1, 0.15) is 17.5 Å². The topological polar surface area (TPSA) is 58.4 Å². The summed E-state index contributed by atoms with van der Waals surface area (Å²) in [7, 11) is 3.99. The summed E-state index contributed by atoms with van der Waals surface area (Å²) in [5, 5.41) is 0.591. The van der Waals surface area contributed by atoms with Crippen molar-refractivity contribution in [3.8, 4) is 0 Å². The van der Waals surface area contributed by atoms with Gasteiger partial charge in [0, 0.05) is 32.6 Å². The Kier molecular flexibility index (Phi) is 6.77. The van der Waals surface area contributed by atoms with Crippen LogP contribution in [0.3, 0.4) is 0 Å². The van der Waals surface area contributed by atoms with Crippen molar-refractivity contribution in [2.24, 2.45) is 0 Å². The highest BCUT2D eigenvalue weighted by Crippen LogP contribution is 2.12. The van der Waals surface area contributed by atoms with E-state index in [9.17, 15) is 9.59 Å². The highest BCUT2D eigenvalue weighted by molar-refractivity contribution is 5.80. The summed E-state index contributed by atoms with van der Waals surface area (Å²) < 4.78 is 1.53. The number of para-hydroxylation sites is 1. The Bertz CT molecular complexity index is 1030. The van der Waals surface area contributed by atoms with Crippen molar-refractivity contribution in [1.82, 2.24) is 19.4 Å². The lowest BCUT2D eigenvalue weighted by atomic mass is 10.1. The minimum atomic E-state index is -0.102. The molecule has 0 saturated carbocycles. The number of hydrogen-bond acceptors (Lipinski definition) is 4. The third-order valence-corrected chi connectivity index (χ3v) is 5.01. The van der Waals surface area contributed by atoms with Gasteiger partial charge in [0.1, 0.15) is 0 Å². The van der Waals surface area contributed by atoms with E-state index < -0.39 is 0 Å². The predicted molar refractivity (Wildman–Crippen MR) is 116 cm³/mol. The van der Waals surface area contributed by atoms with E-state index in [-0.39, 0.29) is 17.9 Å². The Hall–Kier alpha value is -2.99. The Labute approximate surface area is 171 Å². The fourth-order valence-corrected chi connectivity index (χ4v) is 3.29. The minimum Gasteiger partial charge on any atom is -0.337 e. The fourth-order valence-electron chi connectivity index (χ4n) is 3.29. The van der Waals surface area contributed by atoms with E-state index in [2.05, 4.69) is 9.88 Å². The maximum Gasteiger partial charge on any atom is 0.261 e. The van der Waals surface area contributed by atoms with Gasteiger partial charge in [0.2, 0.25) is 5.91 Å². The normalized spacial score (nSPS) is 11.2. The zero-order chi connectivity index (χ0) is 20.8. The second-order valence-corrected chi connectivity index (χ2v) is 7.57. The van der Waals surface area contributed by atoms with Gasteiger partial charge in [0.15, 0.2) is 0 Å². The molecule has 0 aliphatic carbocycles. The molecule has 6 heteroatoms. The van der Waals surface area contributed by atoms with Crippen molar-refractivity contribution in [1.29, 1.82) is 0 Å². The Morgan fingerprint density at radius 1 is 1.03 bits per heavy atom. The van der Waals surface area contributed by atoms with E-state index in [4.69, 9.17) is 0 Å². The number of fused-ring (bicyclic) bond motifs is 1. The number of carbonyl (C=O) groups excluding carboxylic acids is 1. The second-order valence-electron chi connectivity index (χ2n) is 7.57. The van der Waals surface area contributed by atoms with Crippen molar-refractivity contribution >= 4 is 16.8 Å². The van der Waals surface area contributed by atoms with Gasteiger partial charge >= 0.3 is 0 Å². The summed E-state index contributed by atoms with van der Waals surface area (Å²) in [6.07, 6.45) is 1.81.